The van der Waals surface area contributed by atoms with Crippen LogP contribution in [0.4, 0.5) is 0 Å². The van der Waals surface area contributed by atoms with Crippen LogP contribution >= 0.6 is 12.6 Å². The van der Waals surface area contributed by atoms with Gasteiger partial charge in [-0.25, -0.2) is 4.79 Å². The molecule has 6 heteroatoms. The van der Waals surface area contributed by atoms with Crippen LogP contribution in [0.2, 0.25) is 0 Å². The van der Waals surface area contributed by atoms with Crippen molar-refractivity contribution >= 4 is 24.5 Å². The number of hydrogen-bond donors (Lipinski definition) is 4. The smallest absolute Gasteiger partial charge is 0.326 e. The Morgan fingerprint density at radius 3 is 2.44 bits per heavy atom. The second kappa shape index (κ2) is 5.54. The van der Waals surface area contributed by atoms with Gasteiger partial charge in [0.15, 0.2) is 0 Å². The molecule has 0 radical (unpaired) electrons. The summed E-state index contributed by atoms with van der Waals surface area (Å²) in [5.74, 6) is -0.829. The van der Waals surface area contributed by atoms with E-state index in [1.807, 2.05) is 0 Å². The lowest BCUT2D eigenvalue weighted by atomic mass is 9.74. The van der Waals surface area contributed by atoms with Crippen LogP contribution < -0.4 is 10.6 Å². The van der Waals surface area contributed by atoms with E-state index in [1.165, 1.54) is 6.92 Å². The van der Waals surface area contributed by atoms with E-state index in [0.717, 1.165) is 13.1 Å². The molecule has 1 aliphatic rings. The number of rotatable bonds is 4. The minimum atomic E-state index is -0.980. The van der Waals surface area contributed by atoms with Gasteiger partial charge in [-0.3, -0.25) is 4.79 Å². The maximum absolute atomic E-state index is 11.2. The number of hydrogen-bond acceptors (Lipinski definition) is 4. The van der Waals surface area contributed by atoms with Crippen LogP contribution in [0, 0.1) is 5.41 Å². The summed E-state index contributed by atoms with van der Waals surface area (Å²) in [6.07, 6.45) is 1.43. The average molecular weight is 246 g/mol. The molecular formula is C10H18N2O3S. The van der Waals surface area contributed by atoms with Crippen molar-refractivity contribution in [3.63, 3.8) is 0 Å². The summed E-state index contributed by atoms with van der Waals surface area (Å²) in [4.78, 5) is 22.3. The number of amides is 1. The molecule has 1 rings (SSSR count). The molecule has 0 aromatic rings. The van der Waals surface area contributed by atoms with Gasteiger partial charge in [-0.05, 0) is 31.7 Å². The number of thiol groups is 1. The highest BCUT2D eigenvalue weighted by molar-refractivity contribution is 7.80. The summed E-state index contributed by atoms with van der Waals surface area (Å²) in [5.41, 5.74) is -0.439. The van der Waals surface area contributed by atoms with Crippen LogP contribution in [0.3, 0.4) is 0 Å². The third kappa shape index (κ3) is 2.89. The van der Waals surface area contributed by atoms with E-state index < -0.39 is 17.4 Å². The molecule has 0 saturated carbocycles. The standard InChI is InChI=1S/C10H18N2O3S/c1-7(13)12-8(9(14)15)10(6-16)2-4-11-5-3-10/h8,11,16H,2-6H2,1H3,(H,12,13)(H,14,15). The molecule has 92 valence electrons. The summed E-state index contributed by atoms with van der Waals surface area (Å²) in [6.45, 7) is 2.87. The Labute approximate surface area is 100 Å². The first-order valence-corrected chi connectivity index (χ1v) is 5.96. The molecule has 1 fully saturated rings. The second-order valence-corrected chi connectivity index (χ2v) is 4.56. The topological polar surface area (TPSA) is 78.4 Å². The Kier molecular flexibility index (Phi) is 4.61. The fourth-order valence-electron chi connectivity index (χ4n) is 2.14. The quantitative estimate of drug-likeness (QED) is 0.521. The predicted octanol–water partition coefficient (Wildman–Crippen LogP) is -0.125. The number of nitrogens with one attached hydrogen (secondary N) is 2. The van der Waals surface area contributed by atoms with Gasteiger partial charge < -0.3 is 15.7 Å². The van der Waals surface area contributed by atoms with Gasteiger partial charge in [-0.2, -0.15) is 12.6 Å². The molecule has 1 atom stereocenters. The summed E-state index contributed by atoms with van der Waals surface area (Å²) < 4.78 is 0. The molecular weight excluding hydrogens is 228 g/mol. The highest BCUT2D eigenvalue weighted by Crippen LogP contribution is 2.34. The monoisotopic (exact) mass is 246 g/mol. The van der Waals surface area contributed by atoms with Gasteiger partial charge in [-0.15, -0.1) is 0 Å². The maximum atomic E-state index is 11.2. The summed E-state index contributed by atoms with van der Waals surface area (Å²) >= 11 is 4.26. The first-order chi connectivity index (χ1) is 7.52. The van der Waals surface area contributed by atoms with E-state index in [1.54, 1.807) is 0 Å². The molecule has 16 heavy (non-hydrogen) atoms. The molecule has 1 heterocycles. The lowest BCUT2D eigenvalue weighted by Crippen LogP contribution is -2.56. The first kappa shape index (κ1) is 13.3. The Balaban J connectivity index is 2.87. The molecule has 0 spiro atoms. The number of carboxylic acids is 1. The zero-order chi connectivity index (χ0) is 12.2. The normalized spacial score (nSPS) is 21.1. The largest absolute Gasteiger partial charge is 0.480 e. The van der Waals surface area contributed by atoms with E-state index in [2.05, 4.69) is 23.3 Å². The maximum Gasteiger partial charge on any atom is 0.326 e. The van der Waals surface area contributed by atoms with Crippen LogP contribution in [0.25, 0.3) is 0 Å². The third-order valence-electron chi connectivity index (χ3n) is 3.12. The minimum Gasteiger partial charge on any atom is -0.480 e. The van der Waals surface area contributed by atoms with Crippen molar-refractivity contribution in [1.29, 1.82) is 0 Å². The van der Waals surface area contributed by atoms with E-state index in [0.29, 0.717) is 18.6 Å². The predicted molar refractivity (Wildman–Crippen MR) is 63.6 cm³/mol. The fraction of sp³-hybridized carbons (Fsp3) is 0.800. The zero-order valence-electron chi connectivity index (χ0n) is 9.32. The fourth-order valence-corrected chi connectivity index (χ4v) is 2.64. The van der Waals surface area contributed by atoms with E-state index in [9.17, 15) is 14.7 Å². The van der Waals surface area contributed by atoms with Crippen molar-refractivity contribution in [2.24, 2.45) is 5.41 Å². The molecule has 0 bridgehead atoms. The van der Waals surface area contributed by atoms with Crippen molar-refractivity contribution in [3.05, 3.63) is 0 Å². The van der Waals surface area contributed by atoms with Crippen molar-refractivity contribution in [2.75, 3.05) is 18.8 Å². The first-order valence-electron chi connectivity index (χ1n) is 5.33. The number of carbonyl (C=O) groups excluding carboxylic acids is 1. The zero-order valence-corrected chi connectivity index (χ0v) is 10.2. The minimum absolute atomic E-state index is 0.313. The Bertz CT molecular complexity index is 277. The number of carbonyl (C=O) groups is 2. The van der Waals surface area contributed by atoms with Gasteiger partial charge in [-0.1, -0.05) is 0 Å². The van der Waals surface area contributed by atoms with Gasteiger partial charge in [0.25, 0.3) is 0 Å². The van der Waals surface area contributed by atoms with Crippen molar-refractivity contribution < 1.29 is 14.7 Å². The highest BCUT2D eigenvalue weighted by atomic mass is 32.1. The molecule has 3 N–H and O–H groups in total. The number of aliphatic carboxylic acids is 1. The van der Waals surface area contributed by atoms with Gasteiger partial charge in [0.2, 0.25) is 5.91 Å². The van der Waals surface area contributed by atoms with Crippen molar-refractivity contribution in [1.82, 2.24) is 10.6 Å². The lowest BCUT2D eigenvalue weighted by Gasteiger charge is -2.40. The summed E-state index contributed by atoms with van der Waals surface area (Å²) in [6, 6.07) is -0.843. The molecule has 1 unspecified atom stereocenters. The number of carboxylic acid groups (broad SMARTS) is 1. The van der Waals surface area contributed by atoms with Gasteiger partial charge in [0.05, 0.1) is 0 Å². The van der Waals surface area contributed by atoms with E-state index in [-0.39, 0.29) is 5.91 Å². The van der Waals surface area contributed by atoms with Crippen molar-refractivity contribution in [3.8, 4) is 0 Å². The molecule has 5 nitrogen and oxygen atoms in total. The Hall–Kier alpha value is -0.750. The number of piperidine rings is 1. The summed E-state index contributed by atoms with van der Waals surface area (Å²) in [5, 5.41) is 14.9. The van der Waals surface area contributed by atoms with Gasteiger partial charge >= 0.3 is 5.97 Å². The van der Waals surface area contributed by atoms with Crippen LogP contribution in [0.1, 0.15) is 19.8 Å². The molecule has 0 aromatic heterocycles. The van der Waals surface area contributed by atoms with Crippen LogP contribution in [-0.2, 0) is 9.59 Å². The van der Waals surface area contributed by atoms with E-state index in [4.69, 9.17) is 0 Å². The van der Waals surface area contributed by atoms with Crippen LogP contribution in [0.15, 0.2) is 0 Å². The Morgan fingerprint density at radius 2 is 2.06 bits per heavy atom. The molecule has 1 amide bonds. The van der Waals surface area contributed by atoms with Crippen molar-refractivity contribution in [2.45, 2.75) is 25.8 Å². The molecule has 0 aliphatic carbocycles. The SMILES string of the molecule is CC(=O)NC(C(=O)O)C1(CS)CCNCC1. The molecule has 1 aliphatic heterocycles. The van der Waals surface area contributed by atoms with Gasteiger partial charge in [0.1, 0.15) is 6.04 Å². The summed E-state index contributed by atoms with van der Waals surface area (Å²) in [7, 11) is 0. The Morgan fingerprint density at radius 1 is 1.50 bits per heavy atom. The molecule has 1 saturated heterocycles. The highest BCUT2D eigenvalue weighted by Gasteiger charge is 2.43. The van der Waals surface area contributed by atoms with Gasteiger partial charge in [0, 0.05) is 12.3 Å². The van der Waals surface area contributed by atoms with Crippen LogP contribution in [-0.4, -0.2) is 41.9 Å². The van der Waals surface area contributed by atoms with E-state index >= 15 is 0 Å². The lowest BCUT2D eigenvalue weighted by molar-refractivity contribution is -0.145. The molecule has 0 aromatic carbocycles. The average Bonchev–Trinajstić information content (AvgIpc) is 2.26. The third-order valence-corrected chi connectivity index (χ3v) is 3.75. The van der Waals surface area contributed by atoms with Crippen LogP contribution in [0.5, 0.6) is 0 Å². The second-order valence-electron chi connectivity index (χ2n) is 4.24.